The van der Waals surface area contributed by atoms with Gasteiger partial charge in [-0.1, -0.05) is 84.9 Å². The van der Waals surface area contributed by atoms with Crippen LogP contribution < -0.4 is 16.0 Å². The van der Waals surface area contributed by atoms with E-state index in [0.29, 0.717) is 10.9 Å². The fourth-order valence-electron chi connectivity index (χ4n) is 6.34. The first kappa shape index (κ1) is 38.5. The zero-order valence-electron chi connectivity index (χ0n) is 29.5. The van der Waals surface area contributed by atoms with Gasteiger partial charge < -0.3 is 26.0 Å². The fraction of sp³-hybridized carbons (Fsp3) is 0.333. The highest BCUT2D eigenvalue weighted by molar-refractivity contribution is 8.00. The predicted octanol–water partition coefficient (Wildman–Crippen LogP) is 3.51. The number of carbonyl (C=O) groups excluding carboxylic acids is 4. The fourth-order valence-corrected chi connectivity index (χ4v) is 8.93. The summed E-state index contributed by atoms with van der Waals surface area (Å²) >= 11 is 1.39. The predicted molar refractivity (Wildman–Crippen MR) is 202 cm³/mol. The van der Waals surface area contributed by atoms with Gasteiger partial charge in [-0.15, -0.1) is 11.8 Å². The van der Waals surface area contributed by atoms with Crippen LogP contribution in [0.25, 0.3) is 10.8 Å². The lowest BCUT2D eigenvalue weighted by molar-refractivity contribution is -0.148. The van der Waals surface area contributed by atoms with Crippen molar-refractivity contribution in [1.82, 2.24) is 20.9 Å². The van der Waals surface area contributed by atoms with E-state index in [-0.39, 0.29) is 29.6 Å². The highest BCUT2D eigenvalue weighted by Gasteiger charge is 2.50. The number of hydrogen-bond donors (Lipinski definition) is 4. The Morgan fingerprint density at radius 2 is 1.56 bits per heavy atom. The minimum atomic E-state index is -4.10. The van der Waals surface area contributed by atoms with Crippen molar-refractivity contribution in [2.24, 2.45) is 0 Å². The van der Waals surface area contributed by atoms with Crippen LogP contribution in [0.2, 0.25) is 0 Å². The maximum absolute atomic E-state index is 14.1. The molecule has 4 aromatic carbocycles. The molecule has 5 rings (SSSR count). The first-order chi connectivity index (χ1) is 24.7. The Labute approximate surface area is 308 Å². The summed E-state index contributed by atoms with van der Waals surface area (Å²) in [6.07, 6.45) is -1.82. The summed E-state index contributed by atoms with van der Waals surface area (Å²) < 4.78 is 26.5. The summed E-state index contributed by atoms with van der Waals surface area (Å²) in [4.78, 5) is 55.2. The van der Waals surface area contributed by atoms with Crippen LogP contribution in [0.1, 0.15) is 37.5 Å². The largest absolute Gasteiger partial charge is 0.381 e. The number of nitrogens with zero attached hydrogens (tertiary/aromatic N) is 1. The van der Waals surface area contributed by atoms with Gasteiger partial charge in [0.05, 0.1) is 22.6 Å². The number of benzene rings is 4. The number of carbonyl (C=O) groups is 4. The number of aliphatic hydroxyl groups excluding tert-OH is 1. The van der Waals surface area contributed by atoms with Crippen molar-refractivity contribution in [2.45, 2.75) is 74.5 Å². The average Bonchev–Trinajstić information content (AvgIpc) is 3.44. The summed E-state index contributed by atoms with van der Waals surface area (Å²) in [6.45, 7) is 7.07. The molecule has 4 N–H and O–H groups in total. The third-order valence-electron chi connectivity index (χ3n) is 9.21. The van der Waals surface area contributed by atoms with Gasteiger partial charge in [0.2, 0.25) is 17.7 Å². The first-order valence-electron chi connectivity index (χ1n) is 16.9. The minimum absolute atomic E-state index is 0.00176. The highest BCUT2D eigenvalue weighted by Crippen LogP contribution is 2.40. The molecular formula is C39H44N4O7S2. The molecule has 0 spiro atoms. The van der Waals surface area contributed by atoms with Crippen LogP contribution in [0, 0.1) is 6.92 Å². The molecule has 13 heteroatoms. The van der Waals surface area contributed by atoms with E-state index in [1.54, 1.807) is 48.5 Å². The van der Waals surface area contributed by atoms with E-state index in [2.05, 4.69) is 16.0 Å². The van der Waals surface area contributed by atoms with E-state index in [1.807, 2.05) is 57.2 Å². The van der Waals surface area contributed by atoms with Crippen molar-refractivity contribution in [3.63, 3.8) is 0 Å². The molecule has 1 heterocycles. The molecule has 0 aliphatic carbocycles. The Morgan fingerprint density at radius 1 is 0.904 bits per heavy atom. The van der Waals surface area contributed by atoms with Crippen LogP contribution >= 0.6 is 11.8 Å². The number of amides is 4. The van der Waals surface area contributed by atoms with Crippen molar-refractivity contribution in [3.8, 4) is 0 Å². The Balaban J connectivity index is 1.38. The molecule has 1 aliphatic heterocycles. The number of thioether (sulfide) groups is 1. The summed E-state index contributed by atoms with van der Waals surface area (Å²) in [5.41, 5.74) is 2.62. The van der Waals surface area contributed by atoms with Crippen LogP contribution in [0.3, 0.4) is 0 Å². The maximum Gasteiger partial charge on any atom is 0.254 e. The SMILES string of the molecule is CC(=O)NC(CS(=O)(=O)c1ccc2ccccc2c1)C(=O)N[C@@H](Cc1ccccc1)[C@H](O)C(=O)N1CSC(C)(C)[C@H]1C(=O)NCc1ccccc1C. The van der Waals surface area contributed by atoms with Crippen molar-refractivity contribution in [1.29, 1.82) is 0 Å². The van der Waals surface area contributed by atoms with E-state index in [4.69, 9.17) is 0 Å². The zero-order chi connectivity index (χ0) is 37.6. The van der Waals surface area contributed by atoms with Gasteiger partial charge in [0, 0.05) is 18.2 Å². The van der Waals surface area contributed by atoms with Crippen molar-refractivity contribution >= 4 is 56.0 Å². The summed E-state index contributed by atoms with van der Waals surface area (Å²) in [5, 5.41) is 21.3. The van der Waals surface area contributed by atoms with Gasteiger partial charge in [-0.3, -0.25) is 19.2 Å². The molecule has 4 amide bonds. The molecule has 52 heavy (non-hydrogen) atoms. The van der Waals surface area contributed by atoms with Gasteiger partial charge in [0.15, 0.2) is 15.9 Å². The monoisotopic (exact) mass is 744 g/mol. The Bertz CT molecular complexity index is 2060. The molecule has 0 aromatic heterocycles. The Hall–Kier alpha value is -4.72. The molecule has 11 nitrogen and oxygen atoms in total. The van der Waals surface area contributed by atoms with Crippen LogP contribution in [0.4, 0.5) is 0 Å². The highest BCUT2D eigenvalue weighted by atomic mass is 32.2. The number of sulfone groups is 1. The topological polar surface area (TPSA) is 162 Å². The van der Waals surface area contributed by atoms with Crippen molar-refractivity contribution in [3.05, 3.63) is 114 Å². The second kappa shape index (κ2) is 16.3. The number of nitrogens with one attached hydrogen (secondary N) is 3. The molecule has 274 valence electrons. The second-order valence-corrected chi connectivity index (χ2v) is 17.2. The lowest BCUT2D eigenvalue weighted by Crippen LogP contribution is -2.60. The molecular weight excluding hydrogens is 701 g/mol. The zero-order valence-corrected chi connectivity index (χ0v) is 31.2. The van der Waals surface area contributed by atoms with Crippen molar-refractivity contribution in [2.75, 3.05) is 11.6 Å². The van der Waals surface area contributed by atoms with Gasteiger partial charge >= 0.3 is 0 Å². The molecule has 1 fully saturated rings. The first-order valence-corrected chi connectivity index (χ1v) is 19.6. The normalized spacial score (nSPS) is 17.2. The Morgan fingerprint density at radius 3 is 2.25 bits per heavy atom. The third kappa shape index (κ3) is 9.19. The second-order valence-electron chi connectivity index (χ2n) is 13.5. The molecule has 0 bridgehead atoms. The maximum atomic E-state index is 14.1. The molecule has 0 radical (unpaired) electrons. The Kier molecular flexibility index (Phi) is 12.1. The number of hydrogen-bond acceptors (Lipinski definition) is 8. The van der Waals surface area contributed by atoms with Crippen LogP contribution in [0.15, 0.2) is 102 Å². The third-order valence-corrected chi connectivity index (χ3v) is 12.3. The van der Waals surface area contributed by atoms with Gasteiger partial charge in [-0.25, -0.2) is 8.42 Å². The van der Waals surface area contributed by atoms with Gasteiger partial charge in [-0.05, 0) is 66.8 Å². The number of rotatable bonds is 13. The van der Waals surface area contributed by atoms with Crippen LogP contribution in [-0.4, -0.2) is 82.7 Å². The smallest absolute Gasteiger partial charge is 0.254 e. The molecule has 4 aromatic rings. The minimum Gasteiger partial charge on any atom is -0.381 e. The van der Waals surface area contributed by atoms with Gasteiger partial charge in [0.1, 0.15) is 12.1 Å². The van der Waals surface area contributed by atoms with Crippen LogP contribution in [0.5, 0.6) is 0 Å². The van der Waals surface area contributed by atoms with E-state index in [0.717, 1.165) is 16.5 Å². The lowest BCUT2D eigenvalue weighted by Gasteiger charge is -2.33. The lowest BCUT2D eigenvalue weighted by atomic mass is 9.97. The van der Waals surface area contributed by atoms with Gasteiger partial charge in [-0.2, -0.15) is 0 Å². The number of fused-ring (bicyclic) bond motifs is 1. The van der Waals surface area contributed by atoms with Crippen molar-refractivity contribution < 1.29 is 32.7 Å². The van der Waals surface area contributed by atoms with Crippen LogP contribution in [-0.2, 0) is 42.0 Å². The van der Waals surface area contributed by atoms with E-state index >= 15 is 0 Å². The average molecular weight is 745 g/mol. The van der Waals surface area contributed by atoms with E-state index in [1.165, 1.54) is 35.7 Å². The summed E-state index contributed by atoms with van der Waals surface area (Å²) in [6, 6.07) is 24.7. The van der Waals surface area contributed by atoms with E-state index in [9.17, 15) is 32.7 Å². The molecule has 0 saturated carbocycles. The molecule has 1 saturated heterocycles. The number of aryl methyl sites for hydroxylation is 1. The summed E-state index contributed by atoms with van der Waals surface area (Å²) in [7, 11) is -4.10. The molecule has 4 atom stereocenters. The summed E-state index contributed by atoms with van der Waals surface area (Å²) in [5.74, 6) is -3.33. The molecule has 1 aliphatic rings. The quantitative estimate of drug-likeness (QED) is 0.162. The van der Waals surface area contributed by atoms with E-state index < -0.39 is 62.3 Å². The standard InChI is InChI=1S/C39H44N4O7S2/c1-25-12-8-9-17-30(25)22-40-37(47)35-39(3,4)51-24-43(35)38(48)34(45)32(20-27-13-6-5-7-14-27)42-36(46)33(41-26(2)44)23-52(49,50)31-19-18-28-15-10-11-16-29(28)21-31/h5-19,21,32-35,45H,20,22-24H2,1-4H3,(H,40,47)(H,41,44)(H,42,46)/t32-,33?,34-,35+/m0/s1. The number of aliphatic hydroxyl groups is 1. The van der Waals surface area contributed by atoms with Gasteiger partial charge in [0.25, 0.3) is 5.91 Å². The molecule has 1 unspecified atom stereocenters.